The SMILES string of the molecule is CC1CN(C(=O)C2CC(N)C(C)CC2C)C(C)CO1. The molecule has 1 amide bonds. The number of hydrogen-bond acceptors (Lipinski definition) is 3. The Balaban J connectivity index is 2.05. The van der Waals surface area contributed by atoms with Crippen molar-refractivity contribution < 1.29 is 9.53 Å². The number of nitrogens with two attached hydrogens (primary N) is 1. The molecule has 0 aromatic rings. The number of carbonyl (C=O) groups is 1. The summed E-state index contributed by atoms with van der Waals surface area (Å²) < 4.78 is 5.60. The van der Waals surface area contributed by atoms with Crippen molar-refractivity contribution in [3.63, 3.8) is 0 Å². The Morgan fingerprint density at radius 2 is 1.84 bits per heavy atom. The minimum Gasteiger partial charge on any atom is -0.375 e. The van der Waals surface area contributed by atoms with Crippen LogP contribution in [0.25, 0.3) is 0 Å². The second-order valence-corrected chi connectivity index (χ2v) is 6.68. The number of rotatable bonds is 1. The van der Waals surface area contributed by atoms with Crippen LogP contribution in [0.2, 0.25) is 0 Å². The minimum absolute atomic E-state index is 0.0962. The summed E-state index contributed by atoms with van der Waals surface area (Å²) in [6.45, 7) is 9.86. The van der Waals surface area contributed by atoms with Gasteiger partial charge in [0.1, 0.15) is 0 Å². The molecule has 1 saturated heterocycles. The lowest BCUT2D eigenvalue weighted by molar-refractivity contribution is -0.151. The Kier molecular flexibility index (Phi) is 4.51. The van der Waals surface area contributed by atoms with Crippen LogP contribution in [-0.4, -0.2) is 42.1 Å². The Bertz CT molecular complexity index is 334. The van der Waals surface area contributed by atoms with Crippen molar-refractivity contribution in [1.82, 2.24) is 4.90 Å². The molecule has 6 unspecified atom stereocenters. The van der Waals surface area contributed by atoms with Crippen LogP contribution < -0.4 is 5.73 Å². The third kappa shape index (κ3) is 3.11. The molecule has 4 nitrogen and oxygen atoms in total. The van der Waals surface area contributed by atoms with Gasteiger partial charge in [-0.3, -0.25) is 4.79 Å². The average molecular weight is 268 g/mol. The first-order valence-electron chi connectivity index (χ1n) is 7.57. The fourth-order valence-corrected chi connectivity index (χ4v) is 3.45. The molecule has 1 saturated carbocycles. The molecule has 0 spiro atoms. The van der Waals surface area contributed by atoms with Crippen LogP contribution in [0.3, 0.4) is 0 Å². The standard InChI is InChI=1S/C15H28N2O2/c1-9-5-10(2)14(16)6-13(9)15(18)17-7-12(4)19-8-11(17)3/h9-14H,5-8,16H2,1-4H3. The van der Waals surface area contributed by atoms with Gasteiger partial charge >= 0.3 is 0 Å². The molecule has 2 aliphatic rings. The van der Waals surface area contributed by atoms with Crippen LogP contribution in [0.1, 0.15) is 40.5 Å². The van der Waals surface area contributed by atoms with E-state index in [0.717, 1.165) is 12.8 Å². The van der Waals surface area contributed by atoms with Gasteiger partial charge in [-0.15, -0.1) is 0 Å². The zero-order valence-corrected chi connectivity index (χ0v) is 12.6. The first-order chi connectivity index (χ1) is 8.90. The number of hydrogen-bond donors (Lipinski definition) is 1. The maximum Gasteiger partial charge on any atom is 0.226 e. The van der Waals surface area contributed by atoms with E-state index in [0.29, 0.717) is 25.0 Å². The molecule has 0 aromatic heterocycles. The number of amides is 1. The van der Waals surface area contributed by atoms with Crippen LogP contribution in [0.15, 0.2) is 0 Å². The minimum atomic E-state index is 0.0962. The van der Waals surface area contributed by atoms with Gasteiger partial charge in [-0.2, -0.15) is 0 Å². The molecule has 4 heteroatoms. The molecular weight excluding hydrogens is 240 g/mol. The molecule has 6 atom stereocenters. The van der Waals surface area contributed by atoms with Gasteiger partial charge in [0.2, 0.25) is 5.91 Å². The number of morpholine rings is 1. The Morgan fingerprint density at radius 3 is 2.53 bits per heavy atom. The first-order valence-corrected chi connectivity index (χ1v) is 7.57. The molecule has 2 fully saturated rings. The Morgan fingerprint density at radius 1 is 1.16 bits per heavy atom. The van der Waals surface area contributed by atoms with Gasteiger partial charge in [-0.25, -0.2) is 0 Å². The highest BCUT2D eigenvalue weighted by Gasteiger charge is 2.39. The predicted molar refractivity (Wildman–Crippen MR) is 75.6 cm³/mol. The Labute approximate surface area is 116 Å². The summed E-state index contributed by atoms with van der Waals surface area (Å²) in [5, 5.41) is 0. The van der Waals surface area contributed by atoms with E-state index < -0.39 is 0 Å². The number of ether oxygens (including phenoxy) is 1. The maximum atomic E-state index is 12.8. The van der Waals surface area contributed by atoms with Gasteiger partial charge in [0.15, 0.2) is 0 Å². The normalized spacial score (nSPS) is 44.2. The topological polar surface area (TPSA) is 55.6 Å². The van der Waals surface area contributed by atoms with Crippen LogP contribution >= 0.6 is 0 Å². The number of nitrogens with zero attached hydrogens (tertiary/aromatic N) is 1. The fraction of sp³-hybridized carbons (Fsp3) is 0.933. The molecule has 1 aliphatic carbocycles. The zero-order valence-electron chi connectivity index (χ0n) is 12.6. The van der Waals surface area contributed by atoms with E-state index in [9.17, 15) is 4.79 Å². The van der Waals surface area contributed by atoms with Crippen LogP contribution in [0.4, 0.5) is 0 Å². The van der Waals surface area contributed by atoms with E-state index in [1.165, 1.54) is 0 Å². The average Bonchev–Trinajstić information content (AvgIpc) is 2.36. The summed E-state index contributed by atoms with van der Waals surface area (Å²) >= 11 is 0. The van der Waals surface area contributed by atoms with E-state index in [-0.39, 0.29) is 30.0 Å². The van der Waals surface area contributed by atoms with Gasteiger partial charge in [-0.05, 0) is 38.5 Å². The monoisotopic (exact) mass is 268 g/mol. The quantitative estimate of drug-likeness (QED) is 0.786. The fourth-order valence-electron chi connectivity index (χ4n) is 3.45. The van der Waals surface area contributed by atoms with E-state index in [1.807, 2.05) is 11.8 Å². The summed E-state index contributed by atoms with van der Waals surface area (Å²) in [5.74, 6) is 1.35. The molecular formula is C15H28N2O2. The van der Waals surface area contributed by atoms with Crippen molar-refractivity contribution in [2.45, 2.75) is 58.7 Å². The van der Waals surface area contributed by atoms with Crippen molar-refractivity contribution in [2.24, 2.45) is 23.5 Å². The van der Waals surface area contributed by atoms with E-state index in [1.54, 1.807) is 0 Å². The van der Waals surface area contributed by atoms with Gasteiger partial charge in [-0.1, -0.05) is 13.8 Å². The number of carbonyl (C=O) groups excluding carboxylic acids is 1. The smallest absolute Gasteiger partial charge is 0.226 e. The lowest BCUT2D eigenvalue weighted by atomic mass is 9.72. The van der Waals surface area contributed by atoms with Gasteiger partial charge in [0, 0.05) is 18.5 Å². The summed E-state index contributed by atoms with van der Waals surface area (Å²) in [7, 11) is 0. The highest BCUT2D eigenvalue weighted by Crippen LogP contribution is 2.34. The molecule has 1 heterocycles. The second-order valence-electron chi connectivity index (χ2n) is 6.68. The summed E-state index contributed by atoms with van der Waals surface area (Å²) in [4.78, 5) is 14.8. The largest absolute Gasteiger partial charge is 0.375 e. The van der Waals surface area contributed by atoms with Crippen LogP contribution in [0.5, 0.6) is 0 Å². The molecule has 1 aliphatic heterocycles. The third-order valence-electron chi connectivity index (χ3n) is 4.90. The van der Waals surface area contributed by atoms with E-state index >= 15 is 0 Å². The summed E-state index contributed by atoms with van der Waals surface area (Å²) in [5.41, 5.74) is 6.16. The summed E-state index contributed by atoms with van der Waals surface area (Å²) in [6.07, 6.45) is 2.04. The predicted octanol–water partition coefficient (Wildman–Crippen LogP) is 1.63. The lowest BCUT2D eigenvalue weighted by Gasteiger charge is -2.43. The zero-order chi connectivity index (χ0) is 14.2. The molecule has 0 radical (unpaired) electrons. The maximum absolute atomic E-state index is 12.8. The molecule has 2 rings (SSSR count). The molecule has 110 valence electrons. The van der Waals surface area contributed by atoms with Crippen molar-refractivity contribution in [2.75, 3.05) is 13.2 Å². The van der Waals surface area contributed by atoms with E-state index in [4.69, 9.17) is 10.5 Å². The van der Waals surface area contributed by atoms with Crippen molar-refractivity contribution in [3.05, 3.63) is 0 Å². The van der Waals surface area contributed by atoms with Gasteiger partial charge in [0.25, 0.3) is 0 Å². The van der Waals surface area contributed by atoms with Gasteiger partial charge in [0.05, 0.1) is 18.8 Å². The van der Waals surface area contributed by atoms with Crippen molar-refractivity contribution in [3.8, 4) is 0 Å². The van der Waals surface area contributed by atoms with Gasteiger partial charge < -0.3 is 15.4 Å². The second kappa shape index (κ2) is 5.80. The highest BCUT2D eigenvalue weighted by molar-refractivity contribution is 5.79. The molecule has 19 heavy (non-hydrogen) atoms. The lowest BCUT2D eigenvalue weighted by Crippen LogP contribution is -2.54. The van der Waals surface area contributed by atoms with Crippen LogP contribution in [-0.2, 0) is 9.53 Å². The van der Waals surface area contributed by atoms with Crippen molar-refractivity contribution in [1.29, 1.82) is 0 Å². The third-order valence-corrected chi connectivity index (χ3v) is 4.90. The van der Waals surface area contributed by atoms with Crippen molar-refractivity contribution >= 4 is 5.91 Å². The molecule has 0 aromatic carbocycles. The van der Waals surface area contributed by atoms with E-state index in [2.05, 4.69) is 20.8 Å². The molecule has 2 N–H and O–H groups in total. The van der Waals surface area contributed by atoms with Crippen LogP contribution in [0, 0.1) is 17.8 Å². The molecule has 0 bridgehead atoms. The highest BCUT2D eigenvalue weighted by atomic mass is 16.5. The first kappa shape index (κ1) is 14.8. The summed E-state index contributed by atoms with van der Waals surface area (Å²) in [6, 6.07) is 0.352. The Hall–Kier alpha value is -0.610.